The molecule has 1 heterocycles. The quantitative estimate of drug-likeness (QED) is 0.488. The number of hydrogen-bond donors (Lipinski definition) is 2. The molecule has 7 nitrogen and oxygen atoms in total. The van der Waals surface area contributed by atoms with Gasteiger partial charge in [0.2, 0.25) is 5.13 Å². The fourth-order valence-electron chi connectivity index (χ4n) is 2.58. The van der Waals surface area contributed by atoms with Crippen molar-refractivity contribution in [3.05, 3.63) is 78.4 Å². The van der Waals surface area contributed by atoms with Crippen LogP contribution >= 0.6 is 11.3 Å². The molecule has 28 heavy (non-hydrogen) atoms. The van der Waals surface area contributed by atoms with Crippen LogP contribution in [0.15, 0.2) is 77.1 Å². The molecule has 0 saturated carbocycles. The van der Waals surface area contributed by atoms with Gasteiger partial charge in [0.05, 0.1) is 0 Å². The Morgan fingerprint density at radius 3 is 2.36 bits per heavy atom. The van der Waals surface area contributed by atoms with Gasteiger partial charge in [0.25, 0.3) is 20.3 Å². The van der Waals surface area contributed by atoms with Gasteiger partial charge in [-0.1, -0.05) is 59.9 Å². The zero-order chi connectivity index (χ0) is 19.6. The van der Waals surface area contributed by atoms with Crippen molar-refractivity contribution in [2.45, 2.75) is 4.34 Å². The SMILES string of the molecule is O=C(Nc1nnc(S(=O)(=O)Nc2ccc3ccccc3c2)s1)c1ccccc1. The van der Waals surface area contributed by atoms with Crippen molar-refractivity contribution in [1.82, 2.24) is 10.2 Å². The topological polar surface area (TPSA) is 101 Å². The number of nitrogens with one attached hydrogen (secondary N) is 2. The molecule has 4 rings (SSSR count). The van der Waals surface area contributed by atoms with Gasteiger partial charge in [-0.05, 0) is 35.0 Å². The van der Waals surface area contributed by atoms with Gasteiger partial charge in [0.1, 0.15) is 0 Å². The minimum absolute atomic E-state index is 0.104. The van der Waals surface area contributed by atoms with Crippen molar-refractivity contribution in [2.75, 3.05) is 10.0 Å². The lowest BCUT2D eigenvalue weighted by molar-refractivity contribution is 0.102. The van der Waals surface area contributed by atoms with Crippen molar-refractivity contribution in [3.63, 3.8) is 0 Å². The standard InChI is InChI=1S/C19H14N4O3S2/c24-17(14-7-2-1-3-8-14)20-18-21-22-19(27-18)28(25,26)23-16-11-10-13-6-4-5-9-15(13)12-16/h1-12,23H,(H,20,21,24). The van der Waals surface area contributed by atoms with Crippen LogP contribution in [0.1, 0.15) is 10.4 Å². The zero-order valence-electron chi connectivity index (χ0n) is 14.4. The number of benzene rings is 3. The molecule has 140 valence electrons. The minimum atomic E-state index is -3.92. The molecule has 4 aromatic rings. The Labute approximate surface area is 165 Å². The summed E-state index contributed by atoms with van der Waals surface area (Å²) >= 11 is 0.781. The second kappa shape index (κ2) is 7.37. The number of sulfonamides is 1. The third kappa shape index (κ3) is 3.85. The molecule has 0 fully saturated rings. The van der Waals surface area contributed by atoms with Crippen LogP contribution in [-0.4, -0.2) is 24.5 Å². The molecule has 3 aromatic carbocycles. The van der Waals surface area contributed by atoms with E-state index < -0.39 is 10.0 Å². The van der Waals surface area contributed by atoms with Crippen LogP contribution in [0.4, 0.5) is 10.8 Å². The van der Waals surface area contributed by atoms with Crippen LogP contribution in [-0.2, 0) is 10.0 Å². The first-order valence-corrected chi connectivity index (χ1v) is 10.5. The summed E-state index contributed by atoms with van der Waals surface area (Å²) in [5, 5.41) is 12.0. The maximum Gasteiger partial charge on any atom is 0.291 e. The molecule has 0 radical (unpaired) electrons. The van der Waals surface area contributed by atoms with E-state index in [1.165, 1.54) is 0 Å². The molecular formula is C19H14N4O3S2. The fourth-order valence-corrected chi connectivity index (χ4v) is 4.53. The Balaban J connectivity index is 1.52. The third-order valence-electron chi connectivity index (χ3n) is 3.89. The van der Waals surface area contributed by atoms with E-state index in [-0.39, 0.29) is 15.4 Å². The van der Waals surface area contributed by atoms with Crippen molar-refractivity contribution < 1.29 is 13.2 Å². The van der Waals surface area contributed by atoms with Gasteiger partial charge in [0.15, 0.2) is 0 Å². The summed E-state index contributed by atoms with van der Waals surface area (Å²) in [5.74, 6) is -0.386. The predicted molar refractivity (Wildman–Crippen MR) is 109 cm³/mol. The van der Waals surface area contributed by atoms with Gasteiger partial charge in [-0.15, -0.1) is 10.2 Å². The number of aromatic nitrogens is 2. The molecule has 0 aliphatic rings. The number of rotatable bonds is 5. The van der Waals surface area contributed by atoms with Crippen LogP contribution in [0.3, 0.4) is 0 Å². The lowest BCUT2D eigenvalue weighted by Crippen LogP contribution is -2.12. The highest BCUT2D eigenvalue weighted by Crippen LogP contribution is 2.25. The highest BCUT2D eigenvalue weighted by molar-refractivity contribution is 7.94. The first kappa shape index (κ1) is 18.1. The molecule has 1 amide bonds. The normalized spacial score (nSPS) is 11.3. The van der Waals surface area contributed by atoms with Gasteiger partial charge in [-0.2, -0.15) is 8.42 Å². The van der Waals surface area contributed by atoms with E-state index in [9.17, 15) is 13.2 Å². The molecule has 0 aliphatic carbocycles. The Morgan fingerprint density at radius 2 is 1.57 bits per heavy atom. The van der Waals surface area contributed by atoms with Gasteiger partial charge < -0.3 is 0 Å². The van der Waals surface area contributed by atoms with Crippen molar-refractivity contribution in [2.24, 2.45) is 0 Å². The van der Waals surface area contributed by atoms with Crippen molar-refractivity contribution >= 4 is 48.9 Å². The molecule has 2 N–H and O–H groups in total. The highest BCUT2D eigenvalue weighted by Gasteiger charge is 2.21. The summed E-state index contributed by atoms with van der Waals surface area (Å²) in [6.45, 7) is 0. The number of amides is 1. The smallest absolute Gasteiger partial charge is 0.291 e. The average Bonchev–Trinajstić information content (AvgIpc) is 3.18. The zero-order valence-corrected chi connectivity index (χ0v) is 16.0. The van der Waals surface area contributed by atoms with Crippen LogP contribution in [0, 0.1) is 0 Å². The van der Waals surface area contributed by atoms with Crippen LogP contribution in [0.2, 0.25) is 0 Å². The molecule has 0 aliphatic heterocycles. The van der Waals surface area contributed by atoms with Gasteiger partial charge in [0, 0.05) is 11.3 Å². The van der Waals surface area contributed by atoms with Crippen molar-refractivity contribution in [1.29, 1.82) is 0 Å². The van der Waals surface area contributed by atoms with Crippen LogP contribution in [0.25, 0.3) is 10.8 Å². The van der Waals surface area contributed by atoms with E-state index in [1.807, 2.05) is 30.3 Å². The molecule has 1 aromatic heterocycles. The maximum absolute atomic E-state index is 12.6. The fraction of sp³-hybridized carbons (Fsp3) is 0. The lowest BCUT2D eigenvalue weighted by atomic mass is 10.1. The molecule has 0 saturated heterocycles. The summed E-state index contributed by atoms with van der Waals surface area (Å²) in [7, 11) is -3.92. The predicted octanol–water partition coefficient (Wildman–Crippen LogP) is 3.74. The minimum Gasteiger partial charge on any atom is -0.296 e. The summed E-state index contributed by atoms with van der Waals surface area (Å²) in [6, 6.07) is 21.5. The van der Waals surface area contributed by atoms with E-state index in [0.29, 0.717) is 11.3 Å². The monoisotopic (exact) mass is 410 g/mol. The summed E-state index contributed by atoms with van der Waals surface area (Å²) in [5.41, 5.74) is 0.861. The Morgan fingerprint density at radius 1 is 0.857 bits per heavy atom. The van der Waals surface area contributed by atoms with E-state index in [1.54, 1.807) is 42.5 Å². The number of nitrogens with zero attached hydrogens (tertiary/aromatic N) is 2. The Kier molecular flexibility index (Phi) is 4.76. The largest absolute Gasteiger partial charge is 0.296 e. The van der Waals surface area contributed by atoms with Crippen molar-refractivity contribution in [3.8, 4) is 0 Å². The average molecular weight is 410 g/mol. The second-order valence-corrected chi connectivity index (χ2v) is 8.69. The number of hydrogen-bond acceptors (Lipinski definition) is 6. The van der Waals surface area contributed by atoms with Gasteiger partial charge in [-0.25, -0.2) is 0 Å². The van der Waals surface area contributed by atoms with E-state index >= 15 is 0 Å². The van der Waals surface area contributed by atoms with Gasteiger partial charge >= 0.3 is 0 Å². The third-order valence-corrected chi connectivity index (χ3v) is 6.48. The van der Waals surface area contributed by atoms with Gasteiger partial charge in [-0.3, -0.25) is 14.8 Å². The molecular weight excluding hydrogens is 396 g/mol. The maximum atomic E-state index is 12.6. The van der Waals surface area contributed by atoms with Crippen LogP contribution in [0.5, 0.6) is 0 Å². The van der Waals surface area contributed by atoms with Crippen LogP contribution < -0.4 is 10.0 Å². The van der Waals surface area contributed by atoms with E-state index in [4.69, 9.17) is 0 Å². The molecule has 9 heteroatoms. The number of fused-ring (bicyclic) bond motifs is 1. The Hall–Kier alpha value is -3.30. The molecule has 0 unspecified atom stereocenters. The molecule has 0 atom stereocenters. The number of carbonyl (C=O) groups excluding carboxylic acids is 1. The molecule has 0 bridgehead atoms. The summed E-state index contributed by atoms with van der Waals surface area (Å²) < 4.78 is 27.4. The first-order chi connectivity index (χ1) is 13.5. The number of carbonyl (C=O) groups is 1. The number of anilines is 2. The summed E-state index contributed by atoms with van der Waals surface area (Å²) in [6.07, 6.45) is 0. The second-order valence-electron chi connectivity index (χ2n) is 5.86. The van der Waals surface area contributed by atoms with E-state index in [0.717, 1.165) is 22.1 Å². The summed E-state index contributed by atoms with van der Waals surface area (Å²) in [4.78, 5) is 12.2. The molecule has 0 spiro atoms. The first-order valence-electron chi connectivity index (χ1n) is 8.23. The Bertz CT molecular complexity index is 1250. The lowest BCUT2D eigenvalue weighted by Gasteiger charge is -2.06. The highest BCUT2D eigenvalue weighted by atomic mass is 32.2. The van der Waals surface area contributed by atoms with E-state index in [2.05, 4.69) is 20.2 Å².